The van der Waals surface area contributed by atoms with E-state index < -0.39 is 10.8 Å². The number of nitrogens with zero attached hydrogens (tertiary/aromatic N) is 3. The first-order chi connectivity index (χ1) is 8.47. The number of aromatic nitrogens is 1. The van der Waals surface area contributed by atoms with E-state index in [2.05, 4.69) is 16.2 Å². The van der Waals surface area contributed by atoms with Crippen molar-refractivity contribution in [3.8, 4) is 12.3 Å². The van der Waals surface area contributed by atoms with Crippen LogP contribution < -0.4 is 10.4 Å². The van der Waals surface area contributed by atoms with Gasteiger partial charge in [-0.2, -0.15) is 0 Å². The van der Waals surface area contributed by atoms with E-state index >= 15 is 0 Å². The van der Waals surface area contributed by atoms with Gasteiger partial charge in [0.15, 0.2) is 5.82 Å². The minimum atomic E-state index is -0.688. The van der Waals surface area contributed by atoms with Crippen molar-refractivity contribution in [3.05, 3.63) is 27.9 Å². The van der Waals surface area contributed by atoms with Crippen LogP contribution in [0.15, 0.2) is 12.3 Å². The van der Waals surface area contributed by atoms with Crippen LogP contribution in [0.25, 0.3) is 0 Å². The van der Waals surface area contributed by atoms with Gasteiger partial charge in [-0.3, -0.25) is 20.1 Å². The molecule has 1 aromatic rings. The Hall–Kier alpha value is -2.66. The number of anilines is 1. The van der Waals surface area contributed by atoms with Crippen LogP contribution in [0.1, 0.15) is 10.4 Å². The molecule has 0 radical (unpaired) electrons. The highest BCUT2D eigenvalue weighted by Gasteiger charge is 2.19. The molecule has 1 amide bonds. The third-order valence-electron chi connectivity index (χ3n) is 1.97. The van der Waals surface area contributed by atoms with Gasteiger partial charge in [-0.05, 0) is 0 Å². The number of rotatable bonds is 4. The zero-order valence-corrected chi connectivity index (χ0v) is 9.45. The van der Waals surface area contributed by atoms with Crippen molar-refractivity contribution in [2.75, 3.05) is 18.7 Å². The molecule has 0 aliphatic rings. The van der Waals surface area contributed by atoms with E-state index in [1.807, 2.05) is 0 Å². The van der Waals surface area contributed by atoms with Crippen LogP contribution in [0.3, 0.4) is 0 Å². The number of hydrogen-bond acceptors (Lipinski definition) is 6. The van der Waals surface area contributed by atoms with Gasteiger partial charge in [0, 0.05) is 13.1 Å². The zero-order chi connectivity index (χ0) is 13.7. The van der Waals surface area contributed by atoms with Gasteiger partial charge < -0.3 is 5.32 Å². The van der Waals surface area contributed by atoms with Crippen LogP contribution in [0.5, 0.6) is 0 Å². The molecule has 0 saturated heterocycles. The molecule has 0 spiro atoms. The van der Waals surface area contributed by atoms with Crippen molar-refractivity contribution >= 4 is 17.4 Å². The van der Waals surface area contributed by atoms with Crippen molar-refractivity contribution in [1.82, 2.24) is 10.3 Å². The third-order valence-corrected chi connectivity index (χ3v) is 1.97. The molecule has 18 heavy (non-hydrogen) atoms. The fourth-order valence-corrected chi connectivity index (χ4v) is 1.20. The first-order valence-corrected chi connectivity index (χ1v) is 4.76. The lowest BCUT2D eigenvalue weighted by molar-refractivity contribution is -0.385. The molecule has 0 unspecified atom stereocenters. The summed E-state index contributed by atoms with van der Waals surface area (Å²) < 4.78 is 0. The van der Waals surface area contributed by atoms with Crippen molar-refractivity contribution in [2.45, 2.75) is 0 Å². The molecular formula is C10H10N4O4. The van der Waals surface area contributed by atoms with Gasteiger partial charge in [-0.1, -0.05) is 5.92 Å². The van der Waals surface area contributed by atoms with Gasteiger partial charge >= 0.3 is 0 Å². The lowest BCUT2D eigenvalue weighted by atomic mass is 10.2. The van der Waals surface area contributed by atoms with Crippen LogP contribution in [-0.4, -0.2) is 34.6 Å². The van der Waals surface area contributed by atoms with Crippen LogP contribution >= 0.6 is 0 Å². The first kappa shape index (κ1) is 13.4. The predicted molar refractivity (Wildman–Crippen MR) is 62.2 cm³/mol. The molecule has 2 N–H and O–H groups in total. The van der Waals surface area contributed by atoms with E-state index in [4.69, 9.17) is 6.42 Å². The number of pyridine rings is 1. The number of carbonyl (C=O) groups is 1. The molecule has 0 bridgehead atoms. The number of nitrogens with one attached hydrogen (secondary N) is 1. The minimum absolute atomic E-state index is 0.0316. The monoisotopic (exact) mass is 250 g/mol. The van der Waals surface area contributed by atoms with Gasteiger partial charge in [-0.25, -0.2) is 10.0 Å². The molecule has 0 aromatic carbocycles. The maximum absolute atomic E-state index is 11.7. The van der Waals surface area contributed by atoms with Crippen LogP contribution in [0, 0.1) is 22.5 Å². The second-order valence-electron chi connectivity index (χ2n) is 3.23. The van der Waals surface area contributed by atoms with Crippen molar-refractivity contribution in [3.63, 3.8) is 0 Å². The Kier molecular flexibility index (Phi) is 4.17. The van der Waals surface area contributed by atoms with Gasteiger partial charge in [0.05, 0.1) is 17.0 Å². The zero-order valence-electron chi connectivity index (χ0n) is 9.45. The summed E-state index contributed by atoms with van der Waals surface area (Å²) in [4.78, 5) is 25.3. The van der Waals surface area contributed by atoms with Gasteiger partial charge in [-0.15, -0.1) is 6.42 Å². The summed E-state index contributed by atoms with van der Waals surface area (Å²) in [6.07, 6.45) is 5.93. The molecule has 0 fully saturated rings. The second kappa shape index (κ2) is 5.60. The van der Waals surface area contributed by atoms with Gasteiger partial charge in [0.2, 0.25) is 0 Å². The lowest BCUT2D eigenvalue weighted by Gasteiger charge is -2.13. The number of carbonyl (C=O) groups excluding carboxylic acids is 1. The Morgan fingerprint density at radius 1 is 1.78 bits per heavy atom. The Bertz CT molecular complexity index is 521. The normalized spacial score (nSPS) is 9.39. The summed E-state index contributed by atoms with van der Waals surface area (Å²) in [6, 6.07) is 1.01. The lowest BCUT2D eigenvalue weighted by Crippen LogP contribution is -2.26. The average Bonchev–Trinajstić information content (AvgIpc) is 2.34. The highest BCUT2D eigenvalue weighted by atomic mass is 16.6. The fraction of sp³-hybridized carbons (Fsp3) is 0.200. The SMILES string of the molecule is C#CCNC(=O)c1cc([N+](=O)[O-])cnc1N(C)O. The summed E-state index contributed by atoms with van der Waals surface area (Å²) in [5, 5.41) is 22.8. The molecule has 1 rings (SSSR count). The van der Waals surface area contributed by atoms with Crippen LogP contribution in [-0.2, 0) is 0 Å². The molecule has 8 nitrogen and oxygen atoms in total. The topological polar surface area (TPSA) is 109 Å². The summed E-state index contributed by atoms with van der Waals surface area (Å²) in [6.45, 7) is -0.0316. The molecule has 1 aromatic heterocycles. The van der Waals surface area contributed by atoms with Crippen LogP contribution in [0.4, 0.5) is 11.5 Å². The molecule has 8 heteroatoms. The molecule has 0 saturated carbocycles. The highest BCUT2D eigenvalue weighted by Crippen LogP contribution is 2.20. The maximum atomic E-state index is 11.7. The average molecular weight is 250 g/mol. The van der Waals surface area contributed by atoms with E-state index in [1.54, 1.807) is 0 Å². The first-order valence-electron chi connectivity index (χ1n) is 4.76. The van der Waals surface area contributed by atoms with E-state index in [-0.39, 0.29) is 23.6 Å². The molecule has 0 aliphatic heterocycles. The van der Waals surface area contributed by atoms with Crippen molar-refractivity contribution in [1.29, 1.82) is 0 Å². The summed E-state index contributed by atoms with van der Waals surface area (Å²) in [5.74, 6) is 1.44. The summed E-state index contributed by atoms with van der Waals surface area (Å²) in [5.41, 5.74) is -0.490. The quantitative estimate of drug-likeness (QED) is 0.448. The van der Waals surface area contributed by atoms with Crippen LogP contribution in [0.2, 0.25) is 0 Å². The standard InChI is InChI=1S/C10H10N4O4/c1-3-4-11-10(15)8-5-7(14(17)18)6-12-9(8)13(2)16/h1,5-6,16H,4H2,2H3,(H,11,15). The van der Waals surface area contributed by atoms with Crippen molar-refractivity contribution < 1.29 is 14.9 Å². The summed E-state index contributed by atoms with van der Waals surface area (Å²) >= 11 is 0. The highest BCUT2D eigenvalue weighted by molar-refractivity contribution is 5.99. The Balaban J connectivity index is 3.19. The second-order valence-corrected chi connectivity index (χ2v) is 3.23. The molecule has 1 heterocycles. The molecule has 94 valence electrons. The maximum Gasteiger partial charge on any atom is 0.288 e. The number of hydroxylamine groups is 1. The third kappa shape index (κ3) is 2.93. The van der Waals surface area contributed by atoms with E-state index in [0.29, 0.717) is 5.06 Å². The van der Waals surface area contributed by atoms with Gasteiger partial charge in [0.1, 0.15) is 6.20 Å². The smallest absolute Gasteiger partial charge is 0.288 e. The number of amides is 1. The van der Waals surface area contributed by atoms with E-state index in [0.717, 1.165) is 12.3 Å². The Morgan fingerprint density at radius 2 is 2.44 bits per heavy atom. The number of terminal acetylenes is 1. The summed E-state index contributed by atoms with van der Waals surface area (Å²) in [7, 11) is 1.24. The van der Waals surface area contributed by atoms with E-state index in [1.165, 1.54) is 7.05 Å². The Labute approximate surface area is 102 Å². The van der Waals surface area contributed by atoms with Gasteiger partial charge in [0.25, 0.3) is 11.6 Å². The minimum Gasteiger partial charge on any atom is -0.341 e. The van der Waals surface area contributed by atoms with E-state index in [9.17, 15) is 20.1 Å². The van der Waals surface area contributed by atoms with Crippen molar-refractivity contribution in [2.24, 2.45) is 0 Å². The fourth-order valence-electron chi connectivity index (χ4n) is 1.20. The Morgan fingerprint density at radius 3 is 2.94 bits per heavy atom. The largest absolute Gasteiger partial charge is 0.341 e. The predicted octanol–water partition coefficient (Wildman–Crippen LogP) is 0.178. The number of hydrogen-bond donors (Lipinski definition) is 2. The molecule has 0 aliphatic carbocycles. The molecular weight excluding hydrogens is 240 g/mol. The molecule has 0 atom stereocenters. The number of nitro groups is 1.